The summed E-state index contributed by atoms with van der Waals surface area (Å²) in [7, 11) is 3.06. The molecule has 0 fully saturated rings. The van der Waals surface area contributed by atoms with Crippen LogP contribution < -0.4 is 20.1 Å². The Bertz CT molecular complexity index is 924. The third-order valence-corrected chi connectivity index (χ3v) is 3.74. The van der Waals surface area contributed by atoms with Crippen LogP contribution in [-0.4, -0.2) is 35.0 Å². The van der Waals surface area contributed by atoms with E-state index in [-0.39, 0.29) is 5.95 Å². The first-order valence-electron chi connectivity index (χ1n) is 7.86. The Hall–Kier alpha value is -3.55. The molecule has 0 atom stereocenters. The fourth-order valence-electron chi connectivity index (χ4n) is 2.60. The highest BCUT2D eigenvalue weighted by molar-refractivity contribution is 5.97. The minimum absolute atomic E-state index is 0.286. The molecule has 1 heterocycles. The number of ether oxygens (including phenoxy) is 2. The molecule has 8 nitrogen and oxygen atoms in total. The highest BCUT2D eigenvalue weighted by Gasteiger charge is 2.24. The second-order valence-corrected chi connectivity index (χ2v) is 5.42. The summed E-state index contributed by atoms with van der Waals surface area (Å²) in [6.45, 7) is 1.75. The van der Waals surface area contributed by atoms with E-state index in [0.29, 0.717) is 23.0 Å². The number of anilines is 2. The maximum absolute atomic E-state index is 12.2. The predicted molar refractivity (Wildman–Crippen MR) is 97.4 cm³/mol. The van der Waals surface area contributed by atoms with E-state index in [0.717, 1.165) is 5.69 Å². The number of aryl methyl sites for hydroxylation is 1. The Morgan fingerprint density at radius 3 is 2.38 bits per heavy atom. The van der Waals surface area contributed by atoms with Crippen LogP contribution >= 0.6 is 0 Å². The number of hydrogen-bond donors (Lipinski definition) is 1. The van der Waals surface area contributed by atoms with Crippen molar-refractivity contribution in [3.63, 3.8) is 0 Å². The fourth-order valence-corrected chi connectivity index (χ4v) is 2.60. The zero-order valence-electron chi connectivity index (χ0n) is 14.7. The van der Waals surface area contributed by atoms with E-state index in [1.807, 2.05) is 30.3 Å². The molecule has 3 rings (SSSR count). The van der Waals surface area contributed by atoms with Gasteiger partial charge in [0.05, 0.1) is 25.6 Å². The molecule has 0 unspecified atom stereocenters. The number of carbonyl (C=O) groups is 1. The molecule has 3 aromatic rings. The average Bonchev–Trinajstić information content (AvgIpc) is 3.03. The van der Waals surface area contributed by atoms with Crippen molar-refractivity contribution in [2.24, 2.45) is 5.73 Å². The first-order chi connectivity index (χ1) is 12.5. The topological polar surface area (TPSA) is 95.5 Å². The Morgan fingerprint density at radius 1 is 1.08 bits per heavy atom. The summed E-state index contributed by atoms with van der Waals surface area (Å²) < 4.78 is 12.1. The summed E-state index contributed by atoms with van der Waals surface area (Å²) in [5.74, 6) is 1.81. The number of rotatable bonds is 5. The van der Waals surface area contributed by atoms with Gasteiger partial charge in [-0.3, -0.25) is 0 Å². The Balaban J connectivity index is 2.15. The lowest BCUT2D eigenvalue weighted by molar-refractivity contribution is 0.255. The van der Waals surface area contributed by atoms with Crippen LogP contribution in [0.15, 0.2) is 48.5 Å². The summed E-state index contributed by atoms with van der Waals surface area (Å²) in [4.78, 5) is 17.9. The first-order valence-corrected chi connectivity index (χ1v) is 7.86. The molecule has 8 heteroatoms. The van der Waals surface area contributed by atoms with E-state index < -0.39 is 6.03 Å². The molecule has 0 bridgehead atoms. The van der Waals surface area contributed by atoms with Crippen LogP contribution in [0.5, 0.6) is 11.5 Å². The molecule has 0 saturated carbocycles. The highest BCUT2D eigenvalue weighted by atomic mass is 16.5. The standard InChI is InChI=1S/C18H19N5O3/c1-12-20-18(23(21-12)13-7-5-4-6-8-13)22(17(19)24)14-9-10-15(25-2)16(11-14)26-3/h4-11H,1-3H3,(H2,19,24). The van der Waals surface area contributed by atoms with Crippen molar-refractivity contribution in [2.45, 2.75) is 6.92 Å². The monoisotopic (exact) mass is 353 g/mol. The fraction of sp³-hybridized carbons (Fsp3) is 0.167. The largest absolute Gasteiger partial charge is 0.493 e. The van der Waals surface area contributed by atoms with Crippen molar-refractivity contribution in [3.8, 4) is 17.2 Å². The SMILES string of the molecule is COc1ccc(N(C(N)=O)c2nc(C)nn2-c2ccccc2)cc1OC. The number of nitrogens with zero attached hydrogens (tertiary/aromatic N) is 4. The molecule has 1 aromatic heterocycles. The summed E-state index contributed by atoms with van der Waals surface area (Å²) in [5, 5.41) is 4.39. The van der Waals surface area contributed by atoms with Gasteiger partial charge in [0.1, 0.15) is 5.82 Å². The number of aromatic nitrogens is 3. The van der Waals surface area contributed by atoms with Crippen molar-refractivity contribution in [2.75, 3.05) is 19.1 Å². The number of hydrogen-bond acceptors (Lipinski definition) is 5. The molecule has 0 spiro atoms. The number of urea groups is 1. The number of para-hydroxylation sites is 1. The predicted octanol–water partition coefficient (Wildman–Crippen LogP) is 2.81. The maximum atomic E-state index is 12.2. The second-order valence-electron chi connectivity index (χ2n) is 5.42. The molecule has 134 valence electrons. The number of methoxy groups -OCH3 is 2. The summed E-state index contributed by atoms with van der Waals surface area (Å²) in [6.07, 6.45) is 0. The highest BCUT2D eigenvalue weighted by Crippen LogP contribution is 2.34. The summed E-state index contributed by atoms with van der Waals surface area (Å²) >= 11 is 0. The number of amides is 2. The quantitative estimate of drug-likeness (QED) is 0.761. The van der Waals surface area contributed by atoms with Crippen molar-refractivity contribution in [1.29, 1.82) is 0 Å². The van der Waals surface area contributed by atoms with Crippen LogP contribution in [0.1, 0.15) is 5.82 Å². The van der Waals surface area contributed by atoms with Gasteiger partial charge < -0.3 is 15.2 Å². The zero-order valence-corrected chi connectivity index (χ0v) is 14.7. The van der Waals surface area contributed by atoms with Gasteiger partial charge >= 0.3 is 6.03 Å². The molecule has 26 heavy (non-hydrogen) atoms. The lowest BCUT2D eigenvalue weighted by Gasteiger charge is -2.21. The van der Waals surface area contributed by atoms with E-state index in [1.165, 1.54) is 12.0 Å². The normalized spacial score (nSPS) is 10.4. The van der Waals surface area contributed by atoms with Gasteiger partial charge in [0, 0.05) is 6.07 Å². The van der Waals surface area contributed by atoms with Crippen LogP contribution in [0.3, 0.4) is 0 Å². The van der Waals surface area contributed by atoms with Gasteiger partial charge in [0.25, 0.3) is 0 Å². The molecule has 0 aliphatic carbocycles. The van der Waals surface area contributed by atoms with Gasteiger partial charge in [-0.1, -0.05) is 18.2 Å². The molecule has 0 saturated heterocycles. The van der Waals surface area contributed by atoms with Crippen LogP contribution in [0.4, 0.5) is 16.4 Å². The van der Waals surface area contributed by atoms with Gasteiger partial charge in [0.15, 0.2) is 11.5 Å². The van der Waals surface area contributed by atoms with E-state index >= 15 is 0 Å². The van der Waals surface area contributed by atoms with E-state index in [2.05, 4.69) is 10.1 Å². The van der Waals surface area contributed by atoms with Crippen molar-refractivity contribution < 1.29 is 14.3 Å². The molecule has 0 aliphatic heterocycles. The molecule has 0 aliphatic rings. The Kier molecular flexibility index (Phi) is 4.74. The molecule has 2 aromatic carbocycles. The lowest BCUT2D eigenvalue weighted by Crippen LogP contribution is -2.33. The Morgan fingerprint density at radius 2 is 1.77 bits per heavy atom. The van der Waals surface area contributed by atoms with Crippen molar-refractivity contribution in [3.05, 3.63) is 54.4 Å². The summed E-state index contributed by atoms with van der Waals surface area (Å²) in [6, 6.07) is 13.7. The van der Waals surface area contributed by atoms with E-state index in [1.54, 1.807) is 36.9 Å². The minimum Gasteiger partial charge on any atom is -0.493 e. The van der Waals surface area contributed by atoms with Gasteiger partial charge in [-0.25, -0.2) is 9.69 Å². The Labute approximate surface area is 150 Å². The zero-order chi connectivity index (χ0) is 18.7. The molecule has 0 radical (unpaired) electrons. The number of carbonyl (C=O) groups excluding carboxylic acids is 1. The third-order valence-electron chi connectivity index (χ3n) is 3.74. The first kappa shape index (κ1) is 17.3. The van der Waals surface area contributed by atoms with Gasteiger partial charge in [0.2, 0.25) is 5.95 Å². The van der Waals surface area contributed by atoms with Crippen molar-refractivity contribution >= 4 is 17.7 Å². The van der Waals surface area contributed by atoms with Crippen LogP contribution in [-0.2, 0) is 0 Å². The van der Waals surface area contributed by atoms with Crippen LogP contribution in [0.25, 0.3) is 5.69 Å². The number of primary amides is 1. The molecule has 2 N–H and O–H groups in total. The lowest BCUT2D eigenvalue weighted by atomic mass is 10.2. The number of benzene rings is 2. The van der Waals surface area contributed by atoms with Gasteiger partial charge in [-0.15, -0.1) is 5.10 Å². The van der Waals surface area contributed by atoms with Crippen LogP contribution in [0.2, 0.25) is 0 Å². The molecule has 2 amide bonds. The molecular weight excluding hydrogens is 334 g/mol. The van der Waals surface area contributed by atoms with Crippen molar-refractivity contribution in [1.82, 2.24) is 14.8 Å². The van der Waals surface area contributed by atoms with Gasteiger partial charge in [-0.05, 0) is 31.2 Å². The van der Waals surface area contributed by atoms with Crippen LogP contribution in [0, 0.1) is 6.92 Å². The summed E-state index contributed by atoms with van der Waals surface area (Å²) in [5.41, 5.74) is 6.90. The van der Waals surface area contributed by atoms with E-state index in [9.17, 15) is 4.79 Å². The average molecular weight is 353 g/mol. The van der Waals surface area contributed by atoms with E-state index in [4.69, 9.17) is 15.2 Å². The second kappa shape index (κ2) is 7.14. The smallest absolute Gasteiger partial charge is 0.326 e. The third kappa shape index (κ3) is 3.16. The maximum Gasteiger partial charge on any atom is 0.326 e. The minimum atomic E-state index is -0.693. The molecular formula is C18H19N5O3. The van der Waals surface area contributed by atoms with Gasteiger partial charge in [-0.2, -0.15) is 9.67 Å². The number of nitrogens with two attached hydrogens (primary N) is 1.